The molecule has 102 valence electrons. The van der Waals surface area contributed by atoms with Crippen molar-refractivity contribution in [2.24, 2.45) is 0 Å². The zero-order valence-corrected chi connectivity index (χ0v) is 14.8. The standard InChI is InChI=1S/C12H11Br2ClN2OS/c1-2-3-7(14)11(18)17-12-16-10-8(15)4-6(13)5-9(10)19-12/h4-5,7H,2-3H2,1H3,(H,16,17,18)/t7-/m0/s1. The van der Waals surface area contributed by atoms with Gasteiger partial charge in [-0.1, -0.05) is 68.1 Å². The predicted molar refractivity (Wildman–Crippen MR) is 88.6 cm³/mol. The van der Waals surface area contributed by atoms with E-state index in [-0.39, 0.29) is 10.7 Å². The smallest absolute Gasteiger partial charge is 0.239 e. The number of rotatable bonds is 4. The number of hydrogen-bond donors (Lipinski definition) is 1. The molecule has 1 amide bonds. The molecule has 0 fully saturated rings. The molecule has 1 N–H and O–H groups in total. The number of carbonyl (C=O) groups is 1. The molecule has 0 bridgehead atoms. The number of nitrogens with one attached hydrogen (secondary N) is 1. The lowest BCUT2D eigenvalue weighted by atomic mass is 10.2. The van der Waals surface area contributed by atoms with Crippen LogP contribution in [0.5, 0.6) is 0 Å². The molecule has 1 atom stereocenters. The summed E-state index contributed by atoms with van der Waals surface area (Å²) in [4.78, 5) is 16.1. The Balaban J connectivity index is 2.22. The first-order chi connectivity index (χ1) is 9.01. The summed E-state index contributed by atoms with van der Waals surface area (Å²) in [5.74, 6) is -0.0731. The topological polar surface area (TPSA) is 42.0 Å². The molecule has 0 saturated heterocycles. The maximum absolute atomic E-state index is 11.9. The van der Waals surface area contributed by atoms with E-state index >= 15 is 0 Å². The van der Waals surface area contributed by atoms with Crippen molar-refractivity contribution in [3.63, 3.8) is 0 Å². The molecular weight excluding hydrogens is 415 g/mol. The number of benzene rings is 1. The van der Waals surface area contributed by atoms with Crippen molar-refractivity contribution in [2.75, 3.05) is 5.32 Å². The van der Waals surface area contributed by atoms with Crippen LogP contribution in [0.3, 0.4) is 0 Å². The van der Waals surface area contributed by atoms with Gasteiger partial charge >= 0.3 is 0 Å². The summed E-state index contributed by atoms with van der Waals surface area (Å²) in [6.07, 6.45) is 1.74. The number of anilines is 1. The Bertz CT molecular complexity index is 617. The third-order valence-electron chi connectivity index (χ3n) is 2.47. The van der Waals surface area contributed by atoms with E-state index in [1.807, 2.05) is 13.0 Å². The molecule has 1 aromatic carbocycles. The molecule has 7 heteroatoms. The first-order valence-corrected chi connectivity index (χ1v) is 8.62. The normalized spacial score (nSPS) is 12.6. The van der Waals surface area contributed by atoms with Gasteiger partial charge in [-0.3, -0.25) is 4.79 Å². The summed E-state index contributed by atoms with van der Waals surface area (Å²) >= 11 is 14.3. The van der Waals surface area contributed by atoms with E-state index in [0.717, 1.165) is 22.0 Å². The maximum atomic E-state index is 11.9. The van der Waals surface area contributed by atoms with Gasteiger partial charge in [-0.05, 0) is 18.6 Å². The SMILES string of the molecule is CCC[C@H](Br)C(=O)Nc1nc2c(Cl)cc(Br)cc2s1. The van der Waals surface area contributed by atoms with E-state index in [0.29, 0.717) is 15.7 Å². The van der Waals surface area contributed by atoms with Gasteiger partial charge in [-0.2, -0.15) is 0 Å². The van der Waals surface area contributed by atoms with Crippen LogP contribution in [0.1, 0.15) is 19.8 Å². The van der Waals surface area contributed by atoms with E-state index < -0.39 is 0 Å². The molecular formula is C12H11Br2ClN2OS. The first kappa shape index (κ1) is 15.2. The number of nitrogens with zero attached hydrogens (tertiary/aromatic N) is 1. The molecule has 0 aliphatic rings. The molecule has 3 nitrogen and oxygen atoms in total. The summed E-state index contributed by atoms with van der Waals surface area (Å²) in [5.41, 5.74) is 0.715. The molecule has 19 heavy (non-hydrogen) atoms. The van der Waals surface area contributed by atoms with Crippen molar-refractivity contribution in [3.05, 3.63) is 21.6 Å². The molecule has 0 unspecified atom stereocenters. The highest BCUT2D eigenvalue weighted by Gasteiger charge is 2.16. The third-order valence-corrected chi connectivity index (χ3v) is 5.01. The lowest BCUT2D eigenvalue weighted by Crippen LogP contribution is -2.22. The largest absolute Gasteiger partial charge is 0.301 e. The van der Waals surface area contributed by atoms with E-state index in [9.17, 15) is 4.79 Å². The molecule has 0 saturated carbocycles. The van der Waals surface area contributed by atoms with Crippen LogP contribution in [0.4, 0.5) is 5.13 Å². The second kappa shape index (κ2) is 6.52. The first-order valence-electron chi connectivity index (χ1n) is 5.71. The number of amides is 1. The van der Waals surface area contributed by atoms with Gasteiger partial charge in [0.05, 0.1) is 14.5 Å². The summed E-state index contributed by atoms with van der Waals surface area (Å²) in [7, 11) is 0. The summed E-state index contributed by atoms with van der Waals surface area (Å²) < 4.78 is 1.84. The molecule has 0 radical (unpaired) electrons. The van der Waals surface area contributed by atoms with Crippen molar-refractivity contribution in [2.45, 2.75) is 24.6 Å². The fraction of sp³-hybridized carbons (Fsp3) is 0.333. The fourth-order valence-corrected chi connectivity index (χ4v) is 4.15. The van der Waals surface area contributed by atoms with Gasteiger partial charge in [0, 0.05) is 4.47 Å². The zero-order valence-electron chi connectivity index (χ0n) is 10.0. The second-order valence-electron chi connectivity index (χ2n) is 4.00. The van der Waals surface area contributed by atoms with E-state index in [1.165, 1.54) is 11.3 Å². The molecule has 0 aliphatic heterocycles. The molecule has 1 heterocycles. The predicted octanol–water partition coefficient (Wildman–Crippen LogP) is 5.21. The van der Waals surface area contributed by atoms with E-state index in [4.69, 9.17) is 11.6 Å². The Labute approximate surface area is 137 Å². The van der Waals surface area contributed by atoms with Crippen LogP contribution in [-0.4, -0.2) is 15.7 Å². The minimum absolute atomic E-state index is 0.0731. The number of alkyl halides is 1. The molecule has 2 rings (SSSR count). The average molecular weight is 427 g/mol. The summed E-state index contributed by atoms with van der Waals surface area (Å²) in [6.45, 7) is 2.04. The van der Waals surface area contributed by atoms with Crippen LogP contribution >= 0.6 is 54.8 Å². The van der Waals surface area contributed by atoms with Crippen molar-refractivity contribution >= 4 is 76.1 Å². The van der Waals surface area contributed by atoms with Crippen molar-refractivity contribution < 1.29 is 4.79 Å². The quantitative estimate of drug-likeness (QED) is 0.682. The Hall–Kier alpha value is -0.170. The highest BCUT2D eigenvalue weighted by molar-refractivity contribution is 9.10. The number of fused-ring (bicyclic) bond motifs is 1. The van der Waals surface area contributed by atoms with Gasteiger partial charge in [0.15, 0.2) is 5.13 Å². The maximum Gasteiger partial charge on any atom is 0.239 e. The van der Waals surface area contributed by atoms with Crippen molar-refractivity contribution in [1.29, 1.82) is 0 Å². The Morgan fingerprint density at radius 1 is 1.58 bits per heavy atom. The van der Waals surface area contributed by atoms with Crippen LogP contribution < -0.4 is 5.32 Å². The monoisotopic (exact) mass is 424 g/mol. The van der Waals surface area contributed by atoms with Crippen LogP contribution in [0.2, 0.25) is 5.02 Å². The van der Waals surface area contributed by atoms with Gasteiger partial charge in [0.2, 0.25) is 5.91 Å². The third kappa shape index (κ3) is 3.68. The summed E-state index contributed by atoms with van der Waals surface area (Å²) in [5, 5.41) is 3.95. The number of hydrogen-bond acceptors (Lipinski definition) is 3. The van der Waals surface area contributed by atoms with Gasteiger partial charge in [0.1, 0.15) is 5.52 Å². The van der Waals surface area contributed by atoms with Crippen LogP contribution in [0, 0.1) is 0 Å². The Morgan fingerprint density at radius 2 is 2.32 bits per heavy atom. The average Bonchev–Trinajstić information content (AvgIpc) is 2.72. The molecule has 1 aromatic heterocycles. The highest BCUT2D eigenvalue weighted by atomic mass is 79.9. The highest BCUT2D eigenvalue weighted by Crippen LogP contribution is 2.34. The van der Waals surface area contributed by atoms with Crippen molar-refractivity contribution in [3.8, 4) is 0 Å². The number of thiazole rings is 1. The minimum atomic E-state index is -0.188. The Morgan fingerprint density at radius 3 is 3.00 bits per heavy atom. The van der Waals surface area contributed by atoms with E-state index in [1.54, 1.807) is 6.07 Å². The summed E-state index contributed by atoms with van der Waals surface area (Å²) in [6, 6.07) is 3.73. The van der Waals surface area contributed by atoms with Gasteiger partial charge in [-0.15, -0.1) is 0 Å². The molecule has 0 spiro atoms. The minimum Gasteiger partial charge on any atom is -0.301 e. The van der Waals surface area contributed by atoms with Gasteiger partial charge in [0.25, 0.3) is 0 Å². The lowest BCUT2D eigenvalue weighted by Gasteiger charge is -2.06. The molecule has 2 aromatic rings. The number of carbonyl (C=O) groups excluding carboxylic acids is 1. The Kier molecular flexibility index (Phi) is 5.22. The van der Waals surface area contributed by atoms with Gasteiger partial charge in [-0.25, -0.2) is 4.98 Å². The van der Waals surface area contributed by atoms with E-state index in [2.05, 4.69) is 42.2 Å². The number of halogens is 3. The second-order valence-corrected chi connectivity index (χ2v) is 7.46. The van der Waals surface area contributed by atoms with Crippen molar-refractivity contribution in [1.82, 2.24) is 4.98 Å². The molecule has 0 aliphatic carbocycles. The van der Waals surface area contributed by atoms with Crippen LogP contribution in [0.15, 0.2) is 16.6 Å². The van der Waals surface area contributed by atoms with Gasteiger partial charge < -0.3 is 5.32 Å². The van der Waals surface area contributed by atoms with Crippen LogP contribution in [0.25, 0.3) is 10.2 Å². The fourth-order valence-electron chi connectivity index (χ4n) is 1.58. The number of aromatic nitrogens is 1. The zero-order chi connectivity index (χ0) is 14.0. The van der Waals surface area contributed by atoms with Crippen LogP contribution in [-0.2, 0) is 4.79 Å². The lowest BCUT2D eigenvalue weighted by molar-refractivity contribution is -0.115.